The summed E-state index contributed by atoms with van der Waals surface area (Å²) in [7, 11) is 0. The summed E-state index contributed by atoms with van der Waals surface area (Å²) in [6.07, 6.45) is 3.50. The quantitative estimate of drug-likeness (QED) is 0.615. The lowest BCUT2D eigenvalue weighted by atomic mass is 10.3. The van der Waals surface area contributed by atoms with Crippen LogP contribution in [0.3, 0.4) is 0 Å². The Hall–Kier alpha value is -1.60. The summed E-state index contributed by atoms with van der Waals surface area (Å²) in [4.78, 5) is 10.1. The van der Waals surface area contributed by atoms with Crippen molar-refractivity contribution >= 4 is 33.2 Å². The molecule has 1 heterocycles. The minimum absolute atomic E-state index is 0.0617. The third-order valence-electron chi connectivity index (χ3n) is 2.31. The van der Waals surface area contributed by atoms with Gasteiger partial charge in [-0.1, -0.05) is 11.6 Å². The Balaban J connectivity index is 1.94. The predicted molar refractivity (Wildman–Crippen MR) is 73.5 cm³/mol. The van der Waals surface area contributed by atoms with E-state index in [0.29, 0.717) is 18.9 Å². The maximum atomic E-state index is 10.6. The molecule has 0 bridgehead atoms. The highest BCUT2D eigenvalue weighted by Crippen LogP contribution is 2.28. The number of halogens is 2. The Morgan fingerprint density at radius 2 is 2.32 bits per heavy atom. The number of hydrogen-bond acceptors (Lipinski definition) is 4. The van der Waals surface area contributed by atoms with Crippen LogP contribution in [0.5, 0.6) is 5.75 Å². The van der Waals surface area contributed by atoms with Crippen molar-refractivity contribution in [3.05, 3.63) is 50.2 Å². The van der Waals surface area contributed by atoms with E-state index in [4.69, 9.17) is 16.3 Å². The van der Waals surface area contributed by atoms with E-state index in [9.17, 15) is 10.1 Å². The second-order valence-corrected chi connectivity index (χ2v) is 4.96. The third-order valence-corrected chi connectivity index (χ3v) is 3.01. The van der Waals surface area contributed by atoms with Gasteiger partial charge in [-0.15, -0.1) is 0 Å². The standard InChI is InChI=1S/C11H9BrClN3O3/c12-8-6-14-15(7-8)3-4-19-11-2-1-9(16(17)18)5-10(11)13/h1-2,5-7H,3-4H2. The lowest BCUT2D eigenvalue weighted by Gasteiger charge is -2.07. The molecule has 19 heavy (non-hydrogen) atoms. The summed E-state index contributed by atoms with van der Waals surface area (Å²) < 4.78 is 8.06. The van der Waals surface area contributed by atoms with E-state index in [1.165, 1.54) is 18.2 Å². The van der Waals surface area contributed by atoms with Crippen LogP contribution in [0.1, 0.15) is 0 Å². The van der Waals surface area contributed by atoms with Crippen LogP contribution < -0.4 is 4.74 Å². The Labute approximate surface area is 122 Å². The smallest absolute Gasteiger partial charge is 0.271 e. The minimum atomic E-state index is -0.503. The zero-order valence-electron chi connectivity index (χ0n) is 9.62. The summed E-state index contributed by atoms with van der Waals surface area (Å²) in [6.45, 7) is 0.921. The van der Waals surface area contributed by atoms with Crippen molar-refractivity contribution in [2.45, 2.75) is 6.54 Å². The molecule has 0 atom stereocenters. The van der Waals surface area contributed by atoms with E-state index >= 15 is 0 Å². The number of ether oxygens (including phenoxy) is 1. The average molecular weight is 347 g/mol. The molecule has 8 heteroatoms. The van der Waals surface area contributed by atoms with Gasteiger partial charge in [0.2, 0.25) is 0 Å². The van der Waals surface area contributed by atoms with Gasteiger partial charge in [-0.25, -0.2) is 0 Å². The molecule has 0 saturated heterocycles. The van der Waals surface area contributed by atoms with Crippen LogP contribution in [0.2, 0.25) is 5.02 Å². The van der Waals surface area contributed by atoms with Gasteiger partial charge < -0.3 is 4.74 Å². The first-order valence-corrected chi connectivity index (χ1v) is 6.48. The normalized spacial score (nSPS) is 10.4. The Bertz CT molecular complexity index is 603. The molecule has 0 radical (unpaired) electrons. The van der Waals surface area contributed by atoms with E-state index in [1.54, 1.807) is 10.9 Å². The van der Waals surface area contributed by atoms with Crippen molar-refractivity contribution in [1.82, 2.24) is 9.78 Å². The van der Waals surface area contributed by atoms with Gasteiger partial charge in [0.15, 0.2) is 0 Å². The molecular weight excluding hydrogens is 337 g/mol. The molecular formula is C11H9BrClN3O3. The summed E-state index contributed by atoms with van der Waals surface area (Å²) in [5.41, 5.74) is -0.0617. The first kappa shape index (κ1) is 13.8. The largest absolute Gasteiger partial charge is 0.490 e. The summed E-state index contributed by atoms with van der Waals surface area (Å²) >= 11 is 9.19. The SMILES string of the molecule is O=[N+]([O-])c1ccc(OCCn2cc(Br)cn2)c(Cl)c1. The number of hydrogen-bond donors (Lipinski definition) is 0. The maximum absolute atomic E-state index is 10.6. The van der Waals surface area contributed by atoms with Gasteiger partial charge in [0.05, 0.1) is 27.2 Å². The van der Waals surface area contributed by atoms with Gasteiger partial charge in [0, 0.05) is 18.3 Å². The number of aromatic nitrogens is 2. The van der Waals surface area contributed by atoms with Crippen molar-refractivity contribution in [1.29, 1.82) is 0 Å². The van der Waals surface area contributed by atoms with Crippen molar-refractivity contribution in [3.8, 4) is 5.75 Å². The monoisotopic (exact) mass is 345 g/mol. The van der Waals surface area contributed by atoms with E-state index in [-0.39, 0.29) is 10.7 Å². The molecule has 0 N–H and O–H groups in total. The van der Waals surface area contributed by atoms with Crippen LogP contribution >= 0.6 is 27.5 Å². The van der Waals surface area contributed by atoms with Crippen molar-refractivity contribution in [2.75, 3.05) is 6.61 Å². The van der Waals surface area contributed by atoms with Crippen LogP contribution in [-0.2, 0) is 6.54 Å². The lowest BCUT2D eigenvalue weighted by molar-refractivity contribution is -0.384. The zero-order chi connectivity index (χ0) is 13.8. The second-order valence-electron chi connectivity index (χ2n) is 3.64. The van der Waals surface area contributed by atoms with Crippen LogP contribution in [0, 0.1) is 10.1 Å². The number of nitrogens with zero attached hydrogens (tertiary/aromatic N) is 3. The van der Waals surface area contributed by atoms with Gasteiger partial charge in [-0.3, -0.25) is 14.8 Å². The molecule has 1 aromatic heterocycles. The maximum Gasteiger partial charge on any atom is 0.271 e. The first-order chi connectivity index (χ1) is 9.06. The third kappa shape index (κ3) is 3.68. The molecule has 1 aromatic carbocycles. The molecule has 100 valence electrons. The Morgan fingerprint density at radius 3 is 2.89 bits per heavy atom. The molecule has 0 aliphatic carbocycles. The van der Waals surface area contributed by atoms with Crippen LogP contribution in [0.15, 0.2) is 35.1 Å². The van der Waals surface area contributed by atoms with E-state index in [1.807, 2.05) is 6.20 Å². The van der Waals surface area contributed by atoms with Gasteiger partial charge in [-0.05, 0) is 22.0 Å². The molecule has 0 saturated carbocycles. The van der Waals surface area contributed by atoms with Gasteiger partial charge in [0.1, 0.15) is 12.4 Å². The van der Waals surface area contributed by atoms with Gasteiger partial charge in [-0.2, -0.15) is 5.10 Å². The predicted octanol–water partition coefficient (Wildman–Crippen LogP) is 3.29. The Kier molecular flexibility index (Phi) is 4.39. The topological polar surface area (TPSA) is 70.2 Å². The molecule has 6 nitrogen and oxygen atoms in total. The fourth-order valence-corrected chi connectivity index (χ4v) is 1.99. The van der Waals surface area contributed by atoms with E-state index in [0.717, 1.165) is 4.47 Å². The Morgan fingerprint density at radius 1 is 1.53 bits per heavy atom. The molecule has 0 aliphatic rings. The number of nitro groups is 1. The average Bonchev–Trinajstić information content (AvgIpc) is 2.77. The highest BCUT2D eigenvalue weighted by molar-refractivity contribution is 9.10. The second kappa shape index (κ2) is 6.03. The molecule has 0 aliphatic heterocycles. The molecule has 0 spiro atoms. The molecule has 0 fully saturated rings. The number of non-ortho nitro benzene ring substituents is 1. The molecule has 0 unspecified atom stereocenters. The highest BCUT2D eigenvalue weighted by atomic mass is 79.9. The summed E-state index contributed by atoms with van der Waals surface area (Å²) in [5.74, 6) is 0.415. The van der Waals surface area contributed by atoms with E-state index < -0.39 is 4.92 Å². The lowest BCUT2D eigenvalue weighted by Crippen LogP contribution is -2.08. The number of rotatable bonds is 5. The molecule has 2 rings (SSSR count). The van der Waals surface area contributed by atoms with E-state index in [2.05, 4.69) is 21.0 Å². The van der Waals surface area contributed by atoms with Crippen molar-refractivity contribution < 1.29 is 9.66 Å². The van der Waals surface area contributed by atoms with Gasteiger partial charge in [0.25, 0.3) is 5.69 Å². The molecule has 0 amide bonds. The number of nitro benzene ring substituents is 1. The van der Waals surface area contributed by atoms with Crippen molar-refractivity contribution in [2.24, 2.45) is 0 Å². The fourth-order valence-electron chi connectivity index (χ4n) is 1.43. The van der Waals surface area contributed by atoms with Crippen LogP contribution in [-0.4, -0.2) is 21.3 Å². The minimum Gasteiger partial charge on any atom is -0.490 e. The van der Waals surface area contributed by atoms with Crippen molar-refractivity contribution in [3.63, 3.8) is 0 Å². The van der Waals surface area contributed by atoms with Crippen LogP contribution in [0.25, 0.3) is 0 Å². The summed E-state index contributed by atoms with van der Waals surface area (Å²) in [5, 5.41) is 14.8. The fraction of sp³-hybridized carbons (Fsp3) is 0.182. The zero-order valence-corrected chi connectivity index (χ0v) is 12.0. The highest BCUT2D eigenvalue weighted by Gasteiger charge is 2.10. The van der Waals surface area contributed by atoms with Gasteiger partial charge >= 0.3 is 0 Å². The van der Waals surface area contributed by atoms with Crippen LogP contribution in [0.4, 0.5) is 5.69 Å². The molecule has 2 aromatic rings. The summed E-state index contributed by atoms with van der Waals surface area (Å²) in [6, 6.07) is 4.10. The number of benzene rings is 1. The first-order valence-electron chi connectivity index (χ1n) is 5.31.